The summed E-state index contributed by atoms with van der Waals surface area (Å²) in [5, 5.41) is 2.72. The van der Waals surface area contributed by atoms with E-state index in [2.05, 4.69) is 5.32 Å². The largest absolute Gasteiger partial charge is 0.354 e. The summed E-state index contributed by atoms with van der Waals surface area (Å²) in [6, 6.07) is 0.0968. The molecule has 1 amide bonds. The van der Waals surface area contributed by atoms with Crippen molar-refractivity contribution in [2.75, 3.05) is 19.8 Å². The van der Waals surface area contributed by atoms with Gasteiger partial charge in [0.1, 0.15) is 0 Å². The first-order chi connectivity index (χ1) is 6.79. The van der Waals surface area contributed by atoms with Crippen molar-refractivity contribution >= 4 is 15.9 Å². The number of sulfonamides is 1. The minimum atomic E-state index is -3.26. The van der Waals surface area contributed by atoms with Crippen LogP contribution >= 0.6 is 0 Å². The molecule has 0 aromatic rings. The van der Waals surface area contributed by atoms with E-state index >= 15 is 0 Å². The molecule has 0 bridgehead atoms. The van der Waals surface area contributed by atoms with Gasteiger partial charge in [-0.25, -0.2) is 12.7 Å². The average molecular weight is 236 g/mol. The van der Waals surface area contributed by atoms with Gasteiger partial charge in [0.05, 0.1) is 5.75 Å². The van der Waals surface area contributed by atoms with Gasteiger partial charge in [0.15, 0.2) is 0 Å². The molecule has 1 unspecified atom stereocenters. The van der Waals surface area contributed by atoms with E-state index in [9.17, 15) is 13.2 Å². The van der Waals surface area contributed by atoms with Crippen LogP contribution in [0.5, 0.6) is 0 Å². The third-order valence-corrected chi connectivity index (χ3v) is 4.00. The summed E-state index contributed by atoms with van der Waals surface area (Å²) < 4.78 is 23.8. The Morgan fingerprint density at radius 3 is 2.33 bits per heavy atom. The molecular weight excluding hydrogens is 216 g/mol. The van der Waals surface area contributed by atoms with Crippen LogP contribution in [0.2, 0.25) is 0 Å². The van der Waals surface area contributed by atoms with Crippen LogP contribution < -0.4 is 5.32 Å². The van der Waals surface area contributed by atoms with Gasteiger partial charge in [0.25, 0.3) is 0 Å². The Morgan fingerprint density at radius 2 is 1.93 bits per heavy atom. The van der Waals surface area contributed by atoms with Gasteiger partial charge in [-0.2, -0.15) is 0 Å². The minimum Gasteiger partial charge on any atom is -0.354 e. The van der Waals surface area contributed by atoms with E-state index in [0.717, 1.165) is 10.7 Å². The van der Waals surface area contributed by atoms with Gasteiger partial charge in [-0.15, -0.1) is 0 Å². The molecule has 0 aromatic carbocycles. The van der Waals surface area contributed by atoms with Gasteiger partial charge in [-0.05, 0) is 13.3 Å². The van der Waals surface area contributed by atoms with Crippen molar-refractivity contribution in [3.63, 3.8) is 0 Å². The summed E-state index contributed by atoms with van der Waals surface area (Å²) in [6.45, 7) is 3.85. The summed E-state index contributed by atoms with van der Waals surface area (Å²) in [5.74, 6) is -0.350. The van der Waals surface area contributed by atoms with E-state index in [-0.39, 0.29) is 24.1 Å². The highest BCUT2D eigenvalue weighted by Gasteiger charge is 2.16. The lowest BCUT2D eigenvalue weighted by Gasteiger charge is -2.13. The molecule has 0 fully saturated rings. The van der Waals surface area contributed by atoms with Gasteiger partial charge < -0.3 is 5.32 Å². The van der Waals surface area contributed by atoms with Crippen LogP contribution in [0.4, 0.5) is 0 Å². The molecule has 5 nitrogen and oxygen atoms in total. The molecule has 15 heavy (non-hydrogen) atoms. The molecule has 0 heterocycles. The quantitative estimate of drug-likeness (QED) is 0.715. The predicted octanol–water partition coefficient (Wildman–Crippen LogP) is 0.183. The van der Waals surface area contributed by atoms with E-state index in [1.54, 1.807) is 0 Å². The van der Waals surface area contributed by atoms with Crippen LogP contribution in [0, 0.1) is 0 Å². The van der Waals surface area contributed by atoms with E-state index < -0.39 is 10.0 Å². The standard InChI is InChI=1S/C9H20N2O3S/c1-5-8(2)10-9(12)6-7-15(13,14)11(3)4/h8H,5-7H2,1-4H3,(H,10,12). The molecule has 0 spiro atoms. The summed E-state index contributed by atoms with van der Waals surface area (Å²) in [7, 11) is -0.343. The highest BCUT2D eigenvalue weighted by atomic mass is 32.2. The Labute approximate surface area is 91.9 Å². The topological polar surface area (TPSA) is 66.5 Å². The fourth-order valence-electron chi connectivity index (χ4n) is 0.853. The van der Waals surface area contributed by atoms with Crippen LogP contribution in [0.1, 0.15) is 26.7 Å². The van der Waals surface area contributed by atoms with E-state index in [4.69, 9.17) is 0 Å². The zero-order valence-corrected chi connectivity index (χ0v) is 10.6. The molecule has 1 N–H and O–H groups in total. The summed E-state index contributed by atoms with van der Waals surface area (Å²) >= 11 is 0. The summed E-state index contributed by atoms with van der Waals surface area (Å²) in [4.78, 5) is 11.3. The number of nitrogens with zero attached hydrogens (tertiary/aromatic N) is 1. The number of hydrogen-bond acceptors (Lipinski definition) is 3. The monoisotopic (exact) mass is 236 g/mol. The second-order valence-electron chi connectivity index (χ2n) is 3.73. The van der Waals surface area contributed by atoms with Gasteiger partial charge in [0.2, 0.25) is 15.9 Å². The predicted molar refractivity (Wildman–Crippen MR) is 60.0 cm³/mol. The SMILES string of the molecule is CCC(C)NC(=O)CCS(=O)(=O)N(C)C. The second kappa shape index (κ2) is 6.07. The first-order valence-electron chi connectivity index (χ1n) is 4.99. The van der Waals surface area contributed by atoms with E-state index in [1.807, 2.05) is 13.8 Å². The fraction of sp³-hybridized carbons (Fsp3) is 0.889. The maximum Gasteiger partial charge on any atom is 0.221 e. The number of carbonyl (C=O) groups is 1. The highest BCUT2D eigenvalue weighted by Crippen LogP contribution is 1.98. The van der Waals surface area contributed by atoms with Gasteiger partial charge in [-0.3, -0.25) is 4.79 Å². The Balaban J connectivity index is 4.02. The lowest BCUT2D eigenvalue weighted by atomic mass is 10.2. The lowest BCUT2D eigenvalue weighted by Crippen LogP contribution is -2.34. The summed E-state index contributed by atoms with van der Waals surface area (Å²) in [6.07, 6.45) is 0.858. The number of amides is 1. The Bertz CT molecular complexity index is 298. The Hall–Kier alpha value is -0.620. The molecule has 0 saturated heterocycles. The van der Waals surface area contributed by atoms with Crippen LogP contribution in [0.15, 0.2) is 0 Å². The molecule has 6 heteroatoms. The van der Waals surface area contributed by atoms with Crippen molar-refractivity contribution in [2.24, 2.45) is 0 Å². The molecule has 0 radical (unpaired) electrons. The number of carbonyl (C=O) groups excluding carboxylic acids is 1. The first kappa shape index (κ1) is 14.4. The molecule has 90 valence electrons. The molecule has 0 aliphatic heterocycles. The second-order valence-corrected chi connectivity index (χ2v) is 6.03. The van der Waals surface area contributed by atoms with E-state index in [1.165, 1.54) is 14.1 Å². The highest BCUT2D eigenvalue weighted by molar-refractivity contribution is 7.89. The minimum absolute atomic E-state index is 0.0187. The molecule has 0 aromatic heterocycles. The van der Waals surface area contributed by atoms with Crippen LogP contribution in [0.3, 0.4) is 0 Å². The first-order valence-corrected chi connectivity index (χ1v) is 6.60. The molecular formula is C9H20N2O3S. The van der Waals surface area contributed by atoms with Crippen LogP contribution in [0.25, 0.3) is 0 Å². The number of nitrogens with one attached hydrogen (secondary N) is 1. The fourth-order valence-corrected chi connectivity index (χ4v) is 1.66. The number of hydrogen-bond donors (Lipinski definition) is 1. The maximum absolute atomic E-state index is 11.3. The van der Waals surface area contributed by atoms with Crippen molar-refractivity contribution in [3.8, 4) is 0 Å². The third kappa shape index (κ3) is 5.74. The Kier molecular flexibility index (Phi) is 5.82. The van der Waals surface area contributed by atoms with Gasteiger partial charge >= 0.3 is 0 Å². The lowest BCUT2D eigenvalue weighted by molar-refractivity contribution is -0.121. The van der Waals surface area contributed by atoms with E-state index in [0.29, 0.717) is 0 Å². The maximum atomic E-state index is 11.3. The molecule has 1 atom stereocenters. The number of rotatable bonds is 6. The Morgan fingerprint density at radius 1 is 1.40 bits per heavy atom. The zero-order valence-electron chi connectivity index (χ0n) is 9.78. The van der Waals surface area contributed by atoms with Crippen LogP contribution in [-0.4, -0.2) is 44.5 Å². The van der Waals surface area contributed by atoms with Crippen molar-refractivity contribution < 1.29 is 13.2 Å². The third-order valence-electron chi connectivity index (χ3n) is 2.16. The smallest absolute Gasteiger partial charge is 0.221 e. The average Bonchev–Trinajstić information content (AvgIpc) is 2.14. The molecule has 0 aliphatic rings. The van der Waals surface area contributed by atoms with Gasteiger partial charge in [-0.1, -0.05) is 6.92 Å². The van der Waals surface area contributed by atoms with Crippen molar-refractivity contribution in [2.45, 2.75) is 32.7 Å². The summed E-state index contributed by atoms with van der Waals surface area (Å²) in [5.41, 5.74) is 0. The normalized spacial score (nSPS) is 13.9. The van der Waals surface area contributed by atoms with Gasteiger partial charge in [0, 0.05) is 26.6 Å². The van der Waals surface area contributed by atoms with Crippen molar-refractivity contribution in [3.05, 3.63) is 0 Å². The van der Waals surface area contributed by atoms with Crippen molar-refractivity contribution in [1.29, 1.82) is 0 Å². The van der Waals surface area contributed by atoms with Crippen molar-refractivity contribution in [1.82, 2.24) is 9.62 Å². The molecule has 0 aliphatic carbocycles. The zero-order chi connectivity index (χ0) is 12.1. The molecule has 0 rings (SSSR count). The van der Waals surface area contributed by atoms with Crippen LogP contribution in [-0.2, 0) is 14.8 Å². The molecule has 0 saturated carbocycles.